The first kappa shape index (κ1) is 31.6. The van der Waals surface area contributed by atoms with E-state index in [2.05, 4.69) is 0 Å². The van der Waals surface area contributed by atoms with Gasteiger partial charge in [-0.25, -0.2) is 4.79 Å². The Bertz CT molecular complexity index is 7060. The van der Waals surface area contributed by atoms with Gasteiger partial charge in [0.25, 0.3) is 7.57 Å². The van der Waals surface area contributed by atoms with Gasteiger partial charge in [-0.05, 0) is 313 Å². The molecule has 0 bridgehead atoms. The lowest BCUT2D eigenvalue weighted by Crippen LogP contribution is -2.42. The molecule has 5 aliphatic rings. The van der Waals surface area contributed by atoms with Crippen LogP contribution in [0.25, 0.3) is 291 Å². The molecule has 77 heavy (non-hydrogen) atoms. The largest absolute Gasteiger partial charge is 0.468 e. The molecule has 0 unspecified atom stereocenters. The highest BCUT2D eigenvalue weighted by Crippen LogP contribution is 2.97. The standard InChI is InChI=1S/C69H15O7P/c1-72-65(70)64(77(74-3,75-4)76-5)69(66(71)73-2)67-60-52-44-34-24-16-8-6-7-10-14-12(8)20-28-22(14)32-26-18(10)19-11(7)15-13-9(6)17(16)25-31-21(13)29-23(15)33-27(19)37-36(26)46-40(32)50-42(28)48(38(44)30(20)24)56(60)58(50)62-54(46)55-47(37)41(33)51-43(29)49-39(31)45(35(25)34)53(52)61(67)57(49)59(51)63(55)68(62,67)69/h1-5H3. The summed E-state index contributed by atoms with van der Waals surface area (Å²) >= 11 is 0. The Morgan fingerprint density at radius 1 is 0.247 bits per heavy atom. The van der Waals surface area contributed by atoms with E-state index in [-0.39, 0.29) is 5.29 Å². The number of carbonyl (C=O) groups excluding carboxylic acids is 2. The molecule has 0 saturated heterocycles. The molecule has 0 radical (unpaired) electrons. The van der Waals surface area contributed by atoms with Crippen molar-refractivity contribution in [2.45, 2.75) is 10.8 Å². The summed E-state index contributed by atoms with van der Waals surface area (Å²) in [7, 11) is 3.78. The number of rotatable bonds is 6. The van der Waals surface area contributed by atoms with Crippen LogP contribution in [0, 0.1) is 5.41 Å². The maximum Gasteiger partial charge on any atom is 0.342 e. The zero-order chi connectivity index (χ0) is 47.8. The second kappa shape index (κ2) is 7.23. The Labute approximate surface area is 420 Å². The first-order valence-electron chi connectivity index (χ1n) is 27.4. The molecule has 1 fully saturated rings. The molecular formula is C69H15O7P. The van der Waals surface area contributed by atoms with Crippen molar-refractivity contribution in [3.05, 3.63) is 22.3 Å². The van der Waals surface area contributed by atoms with Crippen molar-refractivity contribution in [1.29, 1.82) is 0 Å². The van der Waals surface area contributed by atoms with Crippen molar-refractivity contribution < 1.29 is 32.6 Å². The summed E-state index contributed by atoms with van der Waals surface area (Å²) in [5, 5.41) is 78.2. The molecule has 0 heterocycles. The number of methoxy groups -OCH3 is 2. The van der Waals surface area contributed by atoms with Crippen LogP contribution in [0.15, 0.2) is 0 Å². The van der Waals surface area contributed by atoms with Gasteiger partial charge in [-0.1, -0.05) is 0 Å². The summed E-state index contributed by atoms with van der Waals surface area (Å²) in [5.74, 6) is -1.10. The highest BCUT2D eigenvalue weighted by atomic mass is 31.2. The van der Waals surface area contributed by atoms with Crippen molar-refractivity contribution in [3.63, 3.8) is 0 Å². The van der Waals surface area contributed by atoms with Gasteiger partial charge in [0.05, 0.1) is 25.0 Å². The van der Waals surface area contributed by atoms with E-state index in [4.69, 9.17) is 23.0 Å². The van der Waals surface area contributed by atoms with Crippen molar-refractivity contribution in [1.82, 2.24) is 0 Å². The number of benzene rings is 18. The van der Waals surface area contributed by atoms with Gasteiger partial charge in [0.15, 0.2) is 0 Å². The first-order valence-corrected chi connectivity index (χ1v) is 28.9. The van der Waals surface area contributed by atoms with E-state index in [1.807, 2.05) is 0 Å². The summed E-state index contributed by atoms with van der Waals surface area (Å²) < 4.78 is 32.8. The smallest absolute Gasteiger partial charge is 0.342 e. The molecule has 0 aliphatic heterocycles. The molecule has 2 spiro atoms. The molecule has 1 saturated carbocycles. The summed E-state index contributed by atoms with van der Waals surface area (Å²) in [5.41, 5.74) is 0.774. The van der Waals surface area contributed by atoms with Crippen LogP contribution >= 0.6 is 7.57 Å². The van der Waals surface area contributed by atoms with Crippen LogP contribution in [-0.2, 0) is 43.5 Å². The van der Waals surface area contributed by atoms with Crippen molar-refractivity contribution in [2.24, 2.45) is 5.41 Å². The summed E-state index contributed by atoms with van der Waals surface area (Å²) in [4.78, 5) is 33.4. The molecule has 28 aromatic rings. The molecule has 338 valence electrons. The van der Waals surface area contributed by atoms with Gasteiger partial charge in [-0.3, -0.25) is 4.79 Å². The minimum atomic E-state index is -3.92. The number of hydrogen-bond acceptors (Lipinski definition) is 7. The fourth-order valence-electron chi connectivity index (χ4n) is 26.5. The van der Waals surface area contributed by atoms with Gasteiger partial charge in [0.1, 0.15) is 10.7 Å². The minimum Gasteiger partial charge on any atom is -0.468 e. The third-order valence-corrected chi connectivity index (χ3v) is 29.1. The second-order valence-electron chi connectivity index (χ2n) is 26.4. The van der Waals surface area contributed by atoms with Crippen molar-refractivity contribution >= 4 is 316 Å². The van der Waals surface area contributed by atoms with Crippen LogP contribution in [0.5, 0.6) is 0 Å². The molecule has 7 nitrogen and oxygen atoms in total. The fraction of sp³-hybridized carbons (Fsp3) is 0.116. The van der Waals surface area contributed by atoms with Gasteiger partial charge < -0.3 is 23.0 Å². The second-order valence-corrected chi connectivity index (χ2v) is 28.9. The minimum absolute atomic E-state index is 0.127. The Morgan fingerprint density at radius 3 is 0.532 bits per heavy atom. The van der Waals surface area contributed by atoms with Crippen LogP contribution in [0.4, 0.5) is 0 Å². The third-order valence-electron chi connectivity index (χ3n) is 26.6. The van der Waals surface area contributed by atoms with E-state index < -0.39 is 35.8 Å². The Hall–Kier alpha value is -8.42. The maximum absolute atomic E-state index is 17.2. The quantitative estimate of drug-likeness (QED) is 0.0933. The molecule has 5 aliphatic carbocycles. The average Bonchev–Trinajstić information content (AvgIpc) is 1.45. The maximum atomic E-state index is 17.2. The van der Waals surface area contributed by atoms with E-state index in [1.54, 1.807) is 32.1 Å². The molecule has 0 amide bonds. The van der Waals surface area contributed by atoms with Gasteiger partial charge in [-0.15, -0.1) is 0 Å². The molecule has 0 aromatic heterocycles. The molecule has 0 atom stereocenters. The zero-order valence-corrected chi connectivity index (χ0v) is 41.2. The normalized spacial score (nSPS) is 23.3. The highest BCUT2D eigenvalue weighted by molar-refractivity contribution is 7.65. The predicted octanol–water partition coefficient (Wildman–Crippen LogP) is 16.5. The van der Waals surface area contributed by atoms with Crippen LogP contribution in [0.3, 0.4) is 0 Å². The summed E-state index contributed by atoms with van der Waals surface area (Å²) in [6.07, 6.45) is 0. The van der Waals surface area contributed by atoms with Crippen LogP contribution in [-0.4, -0.2) is 52.8 Å². The summed E-state index contributed by atoms with van der Waals surface area (Å²) in [6, 6.07) is 0. The number of esters is 2. The lowest BCUT2D eigenvalue weighted by atomic mass is 9.68. The van der Waals surface area contributed by atoms with Gasteiger partial charge in [0.2, 0.25) is 0 Å². The van der Waals surface area contributed by atoms with E-state index >= 15 is 9.59 Å². The van der Waals surface area contributed by atoms with Crippen LogP contribution in [0.1, 0.15) is 22.3 Å². The SMILES string of the molecule is COC(=O)C(C1(C(=O)OC)C23c4c5c6c7c8c9c(c%10c%11c2c2c4c4c%12c5c5c6c6c8c8c%13c9c9c%10c%10c%11c%11c2c2c4c4c%12c%12c5c5c6c8c6c8c%13c9c9c%10c%10c%11c2c2c4c4c%12c5c6c5c8c9c%10c2c45)C713)=P(OC)(OC)OC. The fourth-order valence-corrected chi connectivity index (χ4v) is 28.7. The van der Waals surface area contributed by atoms with E-state index in [9.17, 15) is 0 Å². The van der Waals surface area contributed by atoms with Crippen molar-refractivity contribution in [2.75, 3.05) is 35.5 Å². The van der Waals surface area contributed by atoms with E-state index in [1.165, 1.54) is 317 Å². The Morgan fingerprint density at radius 2 is 0.403 bits per heavy atom. The Balaban J connectivity index is 1.14. The van der Waals surface area contributed by atoms with Crippen molar-refractivity contribution in [3.8, 4) is 0 Å². The van der Waals surface area contributed by atoms with Gasteiger partial charge in [-0.2, -0.15) is 0 Å². The number of carbonyl (C=O) groups is 2. The number of ether oxygens (including phenoxy) is 2. The molecule has 28 aromatic carbocycles. The van der Waals surface area contributed by atoms with E-state index in [0.29, 0.717) is 0 Å². The Kier molecular flexibility index (Phi) is 2.97. The molecule has 8 heteroatoms. The topological polar surface area (TPSA) is 80.3 Å². The van der Waals surface area contributed by atoms with Gasteiger partial charge in [0, 0.05) is 21.3 Å². The monoisotopic (exact) mass is 986 g/mol. The lowest BCUT2D eigenvalue weighted by molar-refractivity contribution is -0.146. The molecule has 0 N–H and O–H groups in total. The molecular weight excluding hydrogens is 972 g/mol. The van der Waals surface area contributed by atoms with E-state index in [0.717, 1.165) is 0 Å². The van der Waals surface area contributed by atoms with Crippen LogP contribution in [0.2, 0.25) is 0 Å². The lowest BCUT2D eigenvalue weighted by Gasteiger charge is -2.32. The third kappa shape index (κ3) is 1.68. The highest BCUT2D eigenvalue weighted by Gasteiger charge is 3.00. The number of hydrogen-bond donors (Lipinski definition) is 0. The van der Waals surface area contributed by atoms with Crippen LogP contribution < -0.4 is 0 Å². The molecule has 33 rings (SSSR count). The average molecular weight is 987 g/mol. The summed E-state index contributed by atoms with van der Waals surface area (Å²) in [6.45, 7) is 0. The predicted molar refractivity (Wildman–Crippen MR) is 313 cm³/mol. The zero-order valence-electron chi connectivity index (χ0n) is 40.3. The first-order chi connectivity index (χ1) is 38.0. The van der Waals surface area contributed by atoms with Gasteiger partial charge >= 0.3 is 11.9 Å².